The number of hydrogen-bond acceptors (Lipinski definition) is 2. The van der Waals surface area contributed by atoms with Crippen LogP contribution in [0.25, 0.3) is 0 Å². The summed E-state index contributed by atoms with van der Waals surface area (Å²) < 4.78 is 0. The summed E-state index contributed by atoms with van der Waals surface area (Å²) >= 11 is 0. The molecule has 0 aromatic rings. The molecule has 0 aromatic carbocycles. The highest BCUT2D eigenvalue weighted by Gasteiger charge is 2.42. The average molecular weight is 170 g/mol. The van der Waals surface area contributed by atoms with Gasteiger partial charge in [0.05, 0.1) is 0 Å². The molecule has 1 rings (SSSR count). The highest BCUT2D eigenvalue weighted by Crippen LogP contribution is 2.33. The monoisotopic (exact) mass is 170 g/mol. The van der Waals surface area contributed by atoms with Crippen LogP contribution in [0.5, 0.6) is 0 Å². The van der Waals surface area contributed by atoms with E-state index in [1.54, 1.807) is 0 Å². The van der Waals surface area contributed by atoms with Crippen molar-refractivity contribution in [3.8, 4) is 0 Å². The molecular weight excluding hydrogens is 152 g/mol. The van der Waals surface area contributed by atoms with Gasteiger partial charge in [0.2, 0.25) is 0 Å². The molecule has 70 valence electrons. The highest BCUT2D eigenvalue weighted by atomic mass is 16.3. The van der Waals surface area contributed by atoms with E-state index < -0.39 is 5.60 Å². The molecule has 0 aliphatic heterocycles. The van der Waals surface area contributed by atoms with Crippen molar-refractivity contribution in [2.45, 2.75) is 45.6 Å². The predicted molar refractivity (Wildman–Crippen MR) is 47.8 cm³/mol. The first-order chi connectivity index (χ1) is 5.47. The molecule has 2 atom stereocenters. The zero-order valence-corrected chi connectivity index (χ0v) is 8.13. The number of carbonyl (C=O) groups is 1. The van der Waals surface area contributed by atoms with Crippen LogP contribution in [0, 0.1) is 11.8 Å². The Morgan fingerprint density at radius 3 is 2.58 bits per heavy atom. The third-order valence-corrected chi connectivity index (χ3v) is 2.99. The molecule has 0 bridgehead atoms. The number of hydrogen-bond donors (Lipinski definition) is 1. The Kier molecular flexibility index (Phi) is 2.57. The Bertz CT molecular complexity index is 186. The number of ketones is 1. The molecule has 2 nitrogen and oxygen atoms in total. The standard InChI is InChI=1S/C10H18O2/c1-7(2)10(12)5-4-8(3)6-9(10)11/h7-8,12H,4-6H2,1-3H3/t8-,10-/m0/s1. The molecule has 0 aromatic heterocycles. The minimum absolute atomic E-state index is 0.0382. The Morgan fingerprint density at radius 1 is 1.58 bits per heavy atom. The minimum atomic E-state index is -1.02. The largest absolute Gasteiger partial charge is 0.382 e. The summed E-state index contributed by atoms with van der Waals surface area (Å²) in [6, 6.07) is 0. The van der Waals surface area contributed by atoms with E-state index in [1.807, 2.05) is 13.8 Å². The van der Waals surface area contributed by atoms with E-state index in [9.17, 15) is 9.90 Å². The van der Waals surface area contributed by atoms with Crippen LogP contribution >= 0.6 is 0 Å². The number of rotatable bonds is 1. The van der Waals surface area contributed by atoms with Crippen LogP contribution < -0.4 is 0 Å². The zero-order valence-electron chi connectivity index (χ0n) is 8.13. The third kappa shape index (κ3) is 1.53. The van der Waals surface area contributed by atoms with E-state index in [4.69, 9.17) is 0 Å². The lowest BCUT2D eigenvalue weighted by Crippen LogP contribution is -2.47. The maximum atomic E-state index is 11.5. The molecule has 2 heteroatoms. The second-order valence-corrected chi connectivity index (χ2v) is 4.35. The Hall–Kier alpha value is -0.370. The van der Waals surface area contributed by atoms with E-state index in [0.29, 0.717) is 18.8 Å². The van der Waals surface area contributed by atoms with Crippen molar-refractivity contribution >= 4 is 5.78 Å². The summed E-state index contributed by atoms with van der Waals surface area (Å²) in [6.07, 6.45) is 2.17. The van der Waals surface area contributed by atoms with Gasteiger partial charge in [0.25, 0.3) is 0 Å². The van der Waals surface area contributed by atoms with E-state index in [0.717, 1.165) is 6.42 Å². The lowest BCUT2D eigenvalue weighted by Gasteiger charge is -2.36. The van der Waals surface area contributed by atoms with Gasteiger partial charge >= 0.3 is 0 Å². The third-order valence-electron chi connectivity index (χ3n) is 2.99. The van der Waals surface area contributed by atoms with Crippen LogP contribution in [-0.2, 0) is 4.79 Å². The van der Waals surface area contributed by atoms with Crippen molar-refractivity contribution in [2.75, 3.05) is 0 Å². The lowest BCUT2D eigenvalue weighted by atomic mass is 9.73. The van der Waals surface area contributed by atoms with Crippen LogP contribution in [0.1, 0.15) is 40.0 Å². The number of carbonyl (C=O) groups excluding carboxylic acids is 1. The van der Waals surface area contributed by atoms with Crippen molar-refractivity contribution in [3.05, 3.63) is 0 Å². The fourth-order valence-electron chi connectivity index (χ4n) is 1.81. The van der Waals surface area contributed by atoms with Crippen LogP contribution in [-0.4, -0.2) is 16.5 Å². The van der Waals surface area contributed by atoms with Crippen LogP contribution in [0.2, 0.25) is 0 Å². The fraction of sp³-hybridized carbons (Fsp3) is 0.900. The molecule has 0 radical (unpaired) electrons. The summed E-state index contributed by atoms with van der Waals surface area (Å²) in [6.45, 7) is 5.89. The van der Waals surface area contributed by atoms with Gasteiger partial charge in [-0.05, 0) is 24.7 Å². The van der Waals surface area contributed by atoms with Gasteiger partial charge in [-0.3, -0.25) is 4.79 Å². The van der Waals surface area contributed by atoms with Crippen molar-refractivity contribution in [3.63, 3.8) is 0 Å². The molecule has 0 amide bonds. The summed E-state index contributed by atoms with van der Waals surface area (Å²) in [4.78, 5) is 11.5. The second-order valence-electron chi connectivity index (χ2n) is 4.35. The normalized spacial score (nSPS) is 37.4. The molecule has 0 unspecified atom stereocenters. The fourth-order valence-corrected chi connectivity index (χ4v) is 1.81. The molecule has 1 aliphatic rings. The molecule has 1 saturated carbocycles. The Labute approximate surface area is 74.0 Å². The van der Waals surface area contributed by atoms with Gasteiger partial charge in [0.1, 0.15) is 5.60 Å². The average Bonchev–Trinajstić information content (AvgIpc) is 1.97. The Morgan fingerprint density at radius 2 is 2.17 bits per heavy atom. The van der Waals surface area contributed by atoms with Gasteiger partial charge in [-0.2, -0.15) is 0 Å². The van der Waals surface area contributed by atoms with E-state index in [1.165, 1.54) is 0 Å². The van der Waals surface area contributed by atoms with Gasteiger partial charge < -0.3 is 5.11 Å². The van der Waals surface area contributed by atoms with Gasteiger partial charge in [-0.1, -0.05) is 20.8 Å². The van der Waals surface area contributed by atoms with Crippen LogP contribution in [0.3, 0.4) is 0 Å². The first-order valence-corrected chi connectivity index (χ1v) is 4.72. The van der Waals surface area contributed by atoms with E-state index >= 15 is 0 Å². The van der Waals surface area contributed by atoms with Crippen molar-refractivity contribution < 1.29 is 9.90 Å². The van der Waals surface area contributed by atoms with Crippen molar-refractivity contribution in [1.82, 2.24) is 0 Å². The minimum Gasteiger partial charge on any atom is -0.382 e. The number of aliphatic hydroxyl groups is 1. The van der Waals surface area contributed by atoms with Gasteiger partial charge in [-0.15, -0.1) is 0 Å². The maximum absolute atomic E-state index is 11.5. The van der Waals surface area contributed by atoms with Gasteiger partial charge in [-0.25, -0.2) is 0 Å². The van der Waals surface area contributed by atoms with Crippen LogP contribution in [0.15, 0.2) is 0 Å². The zero-order chi connectivity index (χ0) is 9.35. The topological polar surface area (TPSA) is 37.3 Å². The summed E-state index contributed by atoms with van der Waals surface area (Å²) in [7, 11) is 0. The van der Waals surface area contributed by atoms with Crippen molar-refractivity contribution in [2.24, 2.45) is 11.8 Å². The first kappa shape index (κ1) is 9.72. The van der Waals surface area contributed by atoms with Crippen molar-refractivity contribution in [1.29, 1.82) is 0 Å². The quantitative estimate of drug-likeness (QED) is 0.651. The van der Waals surface area contributed by atoms with Crippen LogP contribution in [0.4, 0.5) is 0 Å². The van der Waals surface area contributed by atoms with E-state index in [2.05, 4.69) is 6.92 Å². The molecular formula is C10H18O2. The molecule has 1 aliphatic carbocycles. The smallest absolute Gasteiger partial charge is 0.164 e. The molecule has 1 fully saturated rings. The molecule has 12 heavy (non-hydrogen) atoms. The predicted octanol–water partition coefficient (Wildman–Crippen LogP) is 1.76. The molecule has 1 N–H and O–H groups in total. The lowest BCUT2D eigenvalue weighted by molar-refractivity contribution is -0.148. The summed E-state index contributed by atoms with van der Waals surface area (Å²) in [5, 5.41) is 9.99. The van der Waals surface area contributed by atoms with Gasteiger partial charge in [0, 0.05) is 6.42 Å². The molecule has 0 spiro atoms. The van der Waals surface area contributed by atoms with Gasteiger partial charge in [0.15, 0.2) is 5.78 Å². The summed E-state index contributed by atoms with van der Waals surface area (Å²) in [5.74, 6) is 0.547. The SMILES string of the molecule is CC(C)[C@@]1(O)CC[C@H](C)CC1=O. The maximum Gasteiger partial charge on any atom is 0.164 e. The number of Topliss-reactive ketones (excluding diaryl/α,β-unsaturated/α-hetero) is 1. The molecule has 0 heterocycles. The Balaban J connectivity index is 2.73. The van der Waals surface area contributed by atoms with E-state index in [-0.39, 0.29) is 11.7 Å². The summed E-state index contributed by atoms with van der Waals surface area (Å²) in [5.41, 5.74) is -1.02. The molecule has 0 saturated heterocycles. The highest BCUT2D eigenvalue weighted by molar-refractivity contribution is 5.88. The second kappa shape index (κ2) is 3.17. The first-order valence-electron chi connectivity index (χ1n) is 4.72.